The highest BCUT2D eigenvalue weighted by Crippen LogP contribution is 2.46. The van der Waals surface area contributed by atoms with Gasteiger partial charge >= 0.3 is 0 Å². The molecule has 15 aromatic rings. The van der Waals surface area contributed by atoms with E-state index in [1.54, 1.807) is 0 Å². The monoisotopic (exact) mass is 909 g/mol. The highest BCUT2D eigenvalue weighted by atomic mass is 32.1. The zero-order valence-electron chi connectivity index (χ0n) is 37.7. The van der Waals surface area contributed by atoms with Gasteiger partial charge in [-0.2, -0.15) is 0 Å². The van der Waals surface area contributed by atoms with E-state index in [9.17, 15) is 0 Å². The van der Waals surface area contributed by atoms with Gasteiger partial charge in [0.05, 0.1) is 61.6 Å². The van der Waals surface area contributed by atoms with Crippen LogP contribution >= 0.6 is 11.3 Å². The number of thiophene rings is 1. The summed E-state index contributed by atoms with van der Waals surface area (Å²) in [6.45, 7) is 0. The highest BCUT2D eigenvalue weighted by molar-refractivity contribution is 7.26. The fraction of sp³-hybridized carbons (Fsp3) is 0. The second kappa shape index (κ2) is 15.2. The molecular formula is C64H39N5S. The van der Waals surface area contributed by atoms with Crippen LogP contribution in [-0.2, 0) is 0 Å². The van der Waals surface area contributed by atoms with Crippen LogP contribution in [0.3, 0.4) is 0 Å². The lowest BCUT2D eigenvalue weighted by atomic mass is 10.0. The lowest BCUT2D eigenvalue weighted by Gasteiger charge is -2.23. The number of aromatic nitrogens is 5. The summed E-state index contributed by atoms with van der Waals surface area (Å²) in [7, 11) is 0. The van der Waals surface area contributed by atoms with Crippen LogP contribution in [0.1, 0.15) is 0 Å². The molecule has 10 aromatic carbocycles. The molecule has 0 saturated carbocycles. The molecule has 326 valence electrons. The van der Waals surface area contributed by atoms with Crippen molar-refractivity contribution in [1.82, 2.24) is 23.7 Å². The van der Waals surface area contributed by atoms with E-state index in [1.165, 1.54) is 52.5 Å². The van der Waals surface area contributed by atoms with Crippen molar-refractivity contribution in [2.24, 2.45) is 0 Å². The molecule has 0 atom stereocenters. The van der Waals surface area contributed by atoms with Crippen molar-refractivity contribution in [2.75, 3.05) is 0 Å². The molecule has 0 bridgehead atoms. The molecule has 5 aromatic heterocycles. The number of para-hydroxylation sites is 6. The Morgan fingerprint density at radius 2 is 0.700 bits per heavy atom. The Hall–Kier alpha value is -9.10. The van der Waals surface area contributed by atoms with Crippen molar-refractivity contribution in [1.29, 1.82) is 0 Å². The van der Waals surface area contributed by atoms with Gasteiger partial charge in [-0.05, 0) is 60.7 Å². The summed E-state index contributed by atoms with van der Waals surface area (Å²) in [6.07, 6.45) is 0. The molecule has 0 spiro atoms. The zero-order valence-corrected chi connectivity index (χ0v) is 38.5. The minimum Gasteiger partial charge on any atom is -0.307 e. The molecule has 0 aliphatic rings. The Bertz CT molecular complexity index is 4310. The SMILES string of the molecule is c1ccc(-c2nc(-c3cc(-n4c5ccccc5c5ccccc54)c(-n4c5ccccc5c5ccccc54)c(-n4c5ccccc5c5ccccc54)c3)cc(-c3cccc4c3sc3ccccc34)n2)cc1. The normalized spacial score (nSPS) is 12.0. The predicted octanol–water partition coefficient (Wildman–Crippen LogP) is 17.1. The molecule has 0 N–H and O–H groups in total. The van der Waals surface area contributed by atoms with Crippen LogP contribution in [0.25, 0.3) is 137 Å². The molecule has 0 radical (unpaired) electrons. The number of fused-ring (bicyclic) bond motifs is 12. The van der Waals surface area contributed by atoms with Gasteiger partial charge in [0, 0.05) is 69.2 Å². The Morgan fingerprint density at radius 1 is 0.300 bits per heavy atom. The number of nitrogens with zero attached hydrogens (tertiary/aromatic N) is 5. The number of hydrogen-bond donors (Lipinski definition) is 0. The van der Waals surface area contributed by atoms with Gasteiger partial charge in [0.25, 0.3) is 0 Å². The van der Waals surface area contributed by atoms with Crippen LogP contribution in [0.5, 0.6) is 0 Å². The predicted molar refractivity (Wildman–Crippen MR) is 294 cm³/mol. The maximum atomic E-state index is 5.58. The van der Waals surface area contributed by atoms with E-state index in [0.29, 0.717) is 5.82 Å². The van der Waals surface area contributed by atoms with Crippen LogP contribution in [0.15, 0.2) is 237 Å². The summed E-state index contributed by atoms with van der Waals surface area (Å²) in [6, 6.07) is 85.7. The second-order valence-electron chi connectivity index (χ2n) is 18.1. The molecule has 0 fully saturated rings. The van der Waals surface area contributed by atoms with E-state index < -0.39 is 0 Å². The summed E-state index contributed by atoms with van der Waals surface area (Å²) in [4.78, 5) is 11.0. The molecule has 0 aliphatic heterocycles. The van der Waals surface area contributed by atoms with E-state index in [1.807, 2.05) is 11.3 Å². The van der Waals surface area contributed by atoms with Gasteiger partial charge in [-0.15, -0.1) is 11.3 Å². The summed E-state index contributed by atoms with van der Waals surface area (Å²) in [5.41, 5.74) is 14.6. The molecule has 0 saturated heterocycles. The topological polar surface area (TPSA) is 40.6 Å². The second-order valence-corrected chi connectivity index (χ2v) is 19.1. The lowest BCUT2D eigenvalue weighted by Crippen LogP contribution is -2.10. The van der Waals surface area contributed by atoms with Crippen molar-refractivity contribution in [3.05, 3.63) is 237 Å². The minimum absolute atomic E-state index is 0.675. The molecule has 0 unspecified atom stereocenters. The van der Waals surface area contributed by atoms with Gasteiger partial charge in [0.1, 0.15) is 0 Å². The van der Waals surface area contributed by atoms with Crippen LogP contribution in [0.4, 0.5) is 0 Å². The Morgan fingerprint density at radius 3 is 1.20 bits per heavy atom. The molecule has 0 amide bonds. The first-order chi connectivity index (χ1) is 34.7. The molecule has 6 heteroatoms. The lowest BCUT2D eigenvalue weighted by molar-refractivity contribution is 1.05. The minimum atomic E-state index is 0.675. The maximum absolute atomic E-state index is 5.58. The largest absolute Gasteiger partial charge is 0.307 e. The van der Waals surface area contributed by atoms with E-state index in [4.69, 9.17) is 9.97 Å². The van der Waals surface area contributed by atoms with Gasteiger partial charge in [0.2, 0.25) is 0 Å². The van der Waals surface area contributed by atoms with Crippen LogP contribution in [0, 0.1) is 0 Å². The Kier molecular flexibility index (Phi) is 8.46. The van der Waals surface area contributed by atoms with E-state index >= 15 is 0 Å². The van der Waals surface area contributed by atoms with Crippen LogP contribution in [-0.4, -0.2) is 23.7 Å². The molecule has 70 heavy (non-hydrogen) atoms. The highest BCUT2D eigenvalue weighted by Gasteiger charge is 2.27. The van der Waals surface area contributed by atoms with Crippen molar-refractivity contribution in [3.63, 3.8) is 0 Å². The van der Waals surface area contributed by atoms with E-state index in [-0.39, 0.29) is 0 Å². The molecule has 5 heterocycles. The molecular weight excluding hydrogens is 871 g/mol. The fourth-order valence-corrected chi connectivity index (χ4v) is 12.5. The molecule has 0 aliphatic carbocycles. The van der Waals surface area contributed by atoms with Gasteiger partial charge in [0.15, 0.2) is 5.82 Å². The summed E-state index contributed by atoms with van der Waals surface area (Å²) in [5, 5.41) is 9.68. The van der Waals surface area contributed by atoms with Gasteiger partial charge in [-0.1, -0.05) is 176 Å². The summed E-state index contributed by atoms with van der Waals surface area (Å²) < 4.78 is 9.96. The Balaban J connectivity index is 1.14. The Labute approximate surface area is 406 Å². The maximum Gasteiger partial charge on any atom is 0.160 e. The summed E-state index contributed by atoms with van der Waals surface area (Å²) in [5.74, 6) is 0.675. The first-order valence-electron chi connectivity index (χ1n) is 23.7. The molecule has 15 rings (SSSR count). The first-order valence-corrected chi connectivity index (χ1v) is 24.6. The summed E-state index contributed by atoms with van der Waals surface area (Å²) >= 11 is 1.82. The molecule has 5 nitrogen and oxygen atoms in total. The number of rotatable bonds is 6. The zero-order chi connectivity index (χ0) is 45.9. The standard InChI is InChI=1S/C64H39N5S/c1-2-19-40(20-3-1)64-65-51(39-52(66-64)50-29-18-28-49-48-27-10-17-36-61(48)70-63(49)50)41-37-59(67-53-30-11-4-21-42(53)43-22-5-12-31-54(43)67)62(69-57-34-15-8-25-46(57)47-26-9-16-35-58(47)69)60(38-41)68-55-32-13-6-23-44(55)45-24-7-14-33-56(45)68/h1-39H. The van der Waals surface area contributed by atoms with Crippen molar-refractivity contribution < 1.29 is 0 Å². The third-order valence-corrected chi connectivity index (χ3v) is 15.5. The van der Waals surface area contributed by atoms with Gasteiger partial charge in [-0.25, -0.2) is 9.97 Å². The van der Waals surface area contributed by atoms with Crippen molar-refractivity contribution in [2.45, 2.75) is 0 Å². The average Bonchev–Trinajstić information content (AvgIpc) is 4.17. The van der Waals surface area contributed by atoms with Crippen molar-refractivity contribution >= 4 is 96.9 Å². The van der Waals surface area contributed by atoms with Crippen LogP contribution in [0.2, 0.25) is 0 Å². The van der Waals surface area contributed by atoms with Crippen molar-refractivity contribution in [3.8, 4) is 51.0 Å². The fourth-order valence-electron chi connectivity index (χ4n) is 11.2. The van der Waals surface area contributed by atoms with Gasteiger partial charge < -0.3 is 13.7 Å². The first kappa shape index (κ1) is 38.9. The van der Waals surface area contributed by atoms with E-state index in [0.717, 1.165) is 78.2 Å². The van der Waals surface area contributed by atoms with Gasteiger partial charge in [-0.3, -0.25) is 0 Å². The smallest absolute Gasteiger partial charge is 0.160 e. The number of benzene rings is 10. The third-order valence-electron chi connectivity index (χ3n) is 14.2. The van der Waals surface area contributed by atoms with Crippen LogP contribution < -0.4 is 0 Å². The average molecular weight is 910 g/mol. The number of hydrogen-bond acceptors (Lipinski definition) is 3. The quantitative estimate of drug-likeness (QED) is 0.167. The van der Waals surface area contributed by atoms with E-state index in [2.05, 4.69) is 250 Å². The third kappa shape index (κ3) is 5.71.